The molecule has 1 aliphatic heterocycles. The number of hydrogen-bond donors (Lipinski definition) is 2. The average Bonchev–Trinajstić information content (AvgIpc) is 3.42. The lowest BCUT2D eigenvalue weighted by Crippen LogP contribution is -2.68. The quantitative estimate of drug-likeness (QED) is 0.762. The Morgan fingerprint density at radius 3 is 2.50 bits per heavy atom. The minimum absolute atomic E-state index is 0.00598. The molecule has 1 aromatic rings. The highest BCUT2D eigenvalue weighted by molar-refractivity contribution is 5.83. The van der Waals surface area contributed by atoms with E-state index in [1.165, 1.54) is 17.6 Å². The summed E-state index contributed by atoms with van der Waals surface area (Å²) in [5.41, 5.74) is 3.82. The topological polar surface area (TPSA) is 69.6 Å². The van der Waals surface area contributed by atoms with Gasteiger partial charge in [-0.05, 0) is 48.8 Å². The number of rotatable bonds is 7. The number of nitrogens with zero attached hydrogens (tertiary/aromatic N) is 1. The van der Waals surface area contributed by atoms with Gasteiger partial charge in [-0.2, -0.15) is 0 Å². The van der Waals surface area contributed by atoms with Gasteiger partial charge >= 0.3 is 0 Å². The highest BCUT2D eigenvalue weighted by Crippen LogP contribution is 2.44. The van der Waals surface area contributed by atoms with E-state index in [9.17, 15) is 14.7 Å². The Hall–Kier alpha value is -2.14. The minimum Gasteiger partial charge on any atom is -0.394 e. The van der Waals surface area contributed by atoms with E-state index in [4.69, 9.17) is 0 Å². The molecule has 3 atom stereocenters. The molecule has 3 aliphatic rings. The zero-order valence-electron chi connectivity index (χ0n) is 16.6. The molecule has 0 bridgehead atoms. The van der Waals surface area contributed by atoms with Gasteiger partial charge < -0.3 is 15.3 Å². The number of aliphatic hydroxyl groups is 1. The number of nitrogens with one attached hydrogen (secondary N) is 1. The molecule has 150 valence electrons. The molecule has 2 fully saturated rings. The summed E-state index contributed by atoms with van der Waals surface area (Å²) in [6, 6.07) is 8.30. The molecule has 2 N–H and O–H groups in total. The van der Waals surface area contributed by atoms with Gasteiger partial charge in [-0.15, -0.1) is 0 Å². The van der Waals surface area contributed by atoms with Crippen LogP contribution in [0.25, 0.3) is 5.57 Å². The third-order valence-corrected chi connectivity index (χ3v) is 6.45. The average molecular weight is 383 g/mol. The molecular formula is C23H30N2O3. The molecule has 28 heavy (non-hydrogen) atoms. The molecule has 1 saturated heterocycles. The van der Waals surface area contributed by atoms with Crippen molar-refractivity contribution in [2.75, 3.05) is 13.2 Å². The van der Waals surface area contributed by atoms with Crippen molar-refractivity contribution in [3.63, 3.8) is 0 Å². The van der Waals surface area contributed by atoms with Crippen molar-refractivity contribution in [1.82, 2.24) is 10.2 Å². The number of aliphatic hydroxyl groups excluding tert-OH is 1. The van der Waals surface area contributed by atoms with Crippen LogP contribution in [0.2, 0.25) is 0 Å². The Morgan fingerprint density at radius 2 is 1.93 bits per heavy atom. The van der Waals surface area contributed by atoms with E-state index in [2.05, 4.69) is 35.7 Å². The third-order valence-electron chi connectivity index (χ3n) is 6.45. The van der Waals surface area contributed by atoms with Crippen LogP contribution in [0.15, 0.2) is 30.3 Å². The smallest absolute Gasteiger partial charge is 0.226 e. The highest BCUT2D eigenvalue weighted by Gasteiger charge is 2.53. The van der Waals surface area contributed by atoms with E-state index in [1.54, 1.807) is 0 Å². The maximum Gasteiger partial charge on any atom is 0.226 e. The fraction of sp³-hybridized carbons (Fsp3) is 0.565. The van der Waals surface area contributed by atoms with Gasteiger partial charge in [0.15, 0.2) is 0 Å². The molecule has 5 nitrogen and oxygen atoms in total. The molecule has 4 rings (SSSR count). The summed E-state index contributed by atoms with van der Waals surface area (Å²) in [4.78, 5) is 26.4. The molecule has 0 aromatic heterocycles. The largest absolute Gasteiger partial charge is 0.394 e. The molecular weight excluding hydrogens is 352 g/mol. The number of carbonyl (C=O) groups excluding carboxylic acids is 2. The fourth-order valence-electron chi connectivity index (χ4n) is 4.68. The van der Waals surface area contributed by atoms with Crippen molar-refractivity contribution < 1.29 is 14.7 Å². The number of allylic oxidation sites excluding steroid dienone is 2. The van der Waals surface area contributed by atoms with Crippen molar-refractivity contribution >= 4 is 17.4 Å². The molecule has 0 unspecified atom stereocenters. The minimum atomic E-state index is -0.201. The van der Waals surface area contributed by atoms with E-state index in [0.29, 0.717) is 13.0 Å². The predicted octanol–water partition coefficient (Wildman–Crippen LogP) is 2.85. The maximum atomic E-state index is 12.8. The third kappa shape index (κ3) is 3.60. The summed E-state index contributed by atoms with van der Waals surface area (Å²) in [6.45, 7) is 2.22. The zero-order valence-corrected chi connectivity index (χ0v) is 16.6. The molecule has 5 heteroatoms. The second kappa shape index (κ2) is 8.08. The standard InChI is InChI=1S/C23H30N2O3/c1-2-21(27)24-13-19-22(20(14-26)25(19)23(28)18-11-12-18)17-9-7-16(8-10-17)15-5-3-4-6-15/h5,7-10,18-20,22,26H,2-4,6,11-14H2,1H3,(H,24,27)/t19-,20+,22+/m1/s1. The molecule has 1 heterocycles. The Bertz CT molecular complexity index is 767. The molecule has 2 amide bonds. The first-order valence-electron chi connectivity index (χ1n) is 10.6. The lowest BCUT2D eigenvalue weighted by molar-refractivity contribution is -0.152. The summed E-state index contributed by atoms with van der Waals surface area (Å²) in [6.07, 6.45) is 8.14. The van der Waals surface area contributed by atoms with E-state index < -0.39 is 0 Å². The Morgan fingerprint density at radius 1 is 1.18 bits per heavy atom. The lowest BCUT2D eigenvalue weighted by Gasteiger charge is -2.55. The van der Waals surface area contributed by atoms with Crippen LogP contribution in [-0.2, 0) is 9.59 Å². The SMILES string of the molecule is CCC(=O)NC[C@@H]1[C@H](c2ccc(C3=CCCC3)cc2)[C@H](CO)N1C(=O)C1CC1. The molecule has 1 aromatic carbocycles. The monoisotopic (exact) mass is 382 g/mol. The number of benzene rings is 1. The number of carbonyl (C=O) groups is 2. The second-order valence-electron chi connectivity index (χ2n) is 8.26. The van der Waals surface area contributed by atoms with Gasteiger partial charge in [-0.1, -0.05) is 37.3 Å². The second-order valence-corrected chi connectivity index (χ2v) is 8.26. The first-order chi connectivity index (χ1) is 13.6. The molecule has 0 radical (unpaired) electrons. The van der Waals surface area contributed by atoms with Gasteiger partial charge in [-0.25, -0.2) is 0 Å². The van der Waals surface area contributed by atoms with E-state index >= 15 is 0 Å². The number of likely N-dealkylation sites (tertiary alicyclic amines) is 1. The highest BCUT2D eigenvalue weighted by atomic mass is 16.3. The normalized spacial score (nSPS) is 26.6. The first kappa shape index (κ1) is 19.2. The predicted molar refractivity (Wildman–Crippen MR) is 109 cm³/mol. The van der Waals surface area contributed by atoms with Crippen molar-refractivity contribution in [2.45, 2.75) is 63.5 Å². The van der Waals surface area contributed by atoms with Gasteiger partial charge in [0.05, 0.1) is 18.7 Å². The zero-order chi connectivity index (χ0) is 19.7. The van der Waals surface area contributed by atoms with E-state index in [0.717, 1.165) is 31.2 Å². The van der Waals surface area contributed by atoms with Crippen LogP contribution in [0, 0.1) is 5.92 Å². The first-order valence-corrected chi connectivity index (χ1v) is 10.6. The van der Waals surface area contributed by atoms with Crippen molar-refractivity contribution in [1.29, 1.82) is 0 Å². The number of hydrogen-bond acceptors (Lipinski definition) is 3. The van der Waals surface area contributed by atoms with Gasteiger partial charge in [0.1, 0.15) is 0 Å². The van der Waals surface area contributed by atoms with Gasteiger partial charge in [0, 0.05) is 24.8 Å². The Kier molecular flexibility index (Phi) is 5.54. The van der Waals surface area contributed by atoms with E-state index in [-0.39, 0.29) is 42.3 Å². The van der Waals surface area contributed by atoms with Crippen LogP contribution in [0.1, 0.15) is 62.5 Å². The summed E-state index contributed by atoms with van der Waals surface area (Å²) in [7, 11) is 0. The summed E-state index contributed by atoms with van der Waals surface area (Å²) < 4.78 is 0. The summed E-state index contributed by atoms with van der Waals surface area (Å²) in [5, 5.41) is 13.0. The Labute approximate surface area is 166 Å². The Balaban J connectivity index is 1.55. The van der Waals surface area contributed by atoms with E-state index in [1.807, 2.05) is 11.8 Å². The summed E-state index contributed by atoms with van der Waals surface area (Å²) >= 11 is 0. The van der Waals surface area contributed by atoms with Crippen molar-refractivity contribution in [3.05, 3.63) is 41.5 Å². The van der Waals surface area contributed by atoms with Crippen LogP contribution in [0.3, 0.4) is 0 Å². The van der Waals surface area contributed by atoms with Gasteiger partial charge in [-0.3, -0.25) is 9.59 Å². The molecule has 2 aliphatic carbocycles. The fourth-order valence-corrected chi connectivity index (χ4v) is 4.68. The lowest BCUT2D eigenvalue weighted by atomic mass is 9.74. The van der Waals surface area contributed by atoms with Crippen LogP contribution in [0.4, 0.5) is 0 Å². The van der Waals surface area contributed by atoms with Crippen LogP contribution < -0.4 is 5.32 Å². The maximum absolute atomic E-state index is 12.8. The van der Waals surface area contributed by atoms with Gasteiger partial charge in [0.2, 0.25) is 11.8 Å². The van der Waals surface area contributed by atoms with Crippen molar-refractivity contribution in [3.8, 4) is 0 Å². The number of amides is 2. The molecule has 1 saturated carbocycles. The van der Waals surface area contributed by atoms with Gasteiger partial charge in [0.25, 0.3) is 0 Å². The van der Waals surface area contributed by atoms with Crippen LogP contribution in [-0.4, -0.2) is 47.1 Å². The van der Waals surface area contributed by atoms with Crippen molar-refractivity contribution in [2.24, 2.45) is 5.92 Å². The summed E-state index contributed by atoms with van der Waals surface area (Å²) in [5.74, 6) is 0.292. The van der Waals surface area contributed by atoms with Crippen LogP contribution in [0.5, 0.6) is 0 Å². The molecule has 0 spiro atoms. The van der Waals surface area contributed by atoms with Crippen LogP contribution >= 0.6 is 0 Å².